The molecule has 0 aliphatic carbocycles. The van der Waals surface area contributed by atoms with Gasteiger partial charge in [-0.2, -0.15) is 0 Å². The molecule has 4 aromatic rings. The summed E-state index contributed by atoms with van der Waals surface area (Å²) in [5, 5.41) is 8.84. The molecule has 0 saturated carbocycles. The van der Waals surface area contributed by atoms with Gasteiger partial charge in [-0.3, -0.25) is 14.9 Å². The van der Waals surface area contributed by atoms with E-state index < -0.39 is 0 Å². The lowest BCUT2D eigenvalue weighted by atomic mass is 10.2. The number of para-hydroxylation sites is 1. The molecule has 158 valence electrons. The number of benzene rings is 1. The van der Waals surface area contributed by atoms with Crippen LogP contribution in [0.5, 0.6) is 5.75 Å². The van der Waals surface area contributed by atoms with Crippen molar-refractivity contribution < 1.29 is 18.7 Å². The molecular weight excluding hydrogens is 434 g/mol. The first-order valence-corrected chi connectivity index (χ1v) is 11.1. The van der Waals surface area contributed by atoms with Gasteiger partial charge in [0, 0.05) is 28.6 Å². The molecule has 0 aliphatic heterocycles. The van der Waals surface area contributed by atoms with Crippen molar-refractivity contribution in [1.29, 1.82) is 0 Å². The number of carbonyl (C=O) groups is 2. The Morgan fingerprint density at radius 1 is 1.26 bits per heavy atom. The number of anilines is 1. The summed E-state index contributed by atoms with van der Waals surface area (Å²) in [6.07, 6.45) is 3.01. The van der Waals surface area contributed by atoms with Gasteiger partial charge in [0.05, 0.1) is 24.2 Å². The molecule has 2 N–H and O–H groups in total. The average molecular weight is 454 g/mol. The van der Waals surface area contributed by atoms with Crippen molar-refractivity contribution in [3.63, 3.8) is 0 Å². The van der Waals surface area contributed by atoms with Crippen LogP contribution in [0.4, 0.5) is 5.13 Å². The number of fused-ring (bicyclic) bond motifs is 1. The molecule has 3 heterocycles. The highest BCUT2D eigenvalue weighted by Crippen LogP contribution is 2.31. The number of thiophene rings is 1. The van der Waals surface area contributed by atoms with Gasteiger partial charge in [-0.1, -0.05) is 12.1 Å². The largest absolute Gasteiger partial charge is 0.493 e. The van der Waals surface area contributed by atoms with Crippen LogP contribution < -0.4 is 15.4 Å². The van der Waals surface area contributed by atoms with Crippen LogP contribution in [0.3, 0.4) is 0 Å². The quantitative estimate of drug-likeness (QED) is 0.388. The number of hydrogen-bond donors (Lipinski definition) is 2. The monoisotopic (exact) mass is 453 g/mol. The van der Waals surface area contributed by atoms with Crippen molar-refractivity contribution >= 4 is 56.7 Å². The zero-order valence-corrected chi connectivity index (χ0v) is 18.4. The maximum Gasteiger partial charge on any atom is 0.250 e. The Labute approximate surface area is 186 Å². The summed E-state index contributed by atoms with van der Waals surface area (Å²) in [5.41, 5.74) is 1.43. The third-order valence-electron chi connectivity index (χ3n) is 4.31. The molecule has 0 atom stereocenters. The Kier molecular flexibility index (Phi) is 6.15. The number of rotatable bonds is 7. The lowest BCUT2D eigenvalue weighted by Crippen LogP contribution is -2.17. The first-order chi connectivity index (χ1) is 15.0. The second-order valence-electron chi connectivity index (χ2n) is 6.56. The number of hydrogen-bond acceptors (Lipinski definition) is 7. The van der Waals surface area contributed by atoms with Crippen LogP contribution in [0.15, 0.2) is 52.3 Å². The minimum Gasteiger partial charge on any atom is -0.493 e. The minimum absolute atomic E-state index is 0.0663. The van der Waals surface area contributed by atoms with Crippen LogP contribution in [-0.2, 0) is 16.1 Å². The third-order valence-corrected chi connectivity index (χ3v) is 6.17. The van der Waals surface area contributed by atoms with E-state index in [1.807, 2.05) is 41.8 Å². The summed E-state index contributed by atoms with van der Waals surface area (Å²) >= 11 is 2.90. The Balaban J connectivity index is 1.39. The number of nitrogens with one attached hydrogen (secondary N) is 2. The van der Waals surface area contributed by atoms with Crippen LogP contribution in [0.2, 0.25) is 0 Å². The molecule has 2 amide bonds. The van der Waals surface area contributed by atoms with Crippen molar-refractivity contribution in [1.82, 2.24) is 10.3 Å². The van der Waals surface area contributed by atoms with E-state index >= 15 is 0 Å². The van der Waals surface area contributed by atoms with E-state index in [-0.39, 0.29) is 11.8 Å². The molecule has 3 aromatic heterocycles. The number of aromatic nitrogens is 1. The standard InChI is InChI=1S/C22H19N3O4S2/c1-13(26)23-11-16-7-8-19(31-16)17-12-30-22(24-17)25-20(27)9-6-15-10-14-4-3-5-18(28-2)21(14)29-15/h3-10,12H,11H2,1-2H3,(H,23,26)(H,24,25,27)/b9-6+. The summed E-state index contributed by atoms with van der Waals surface area (Å²) in [4.78, 5) is 29.8. The molecule has 0 saturated heterocycles. The van der Waals surface area contributed by atoms with Gasteiger partial charge in [0.1, 0.15) is 5.76 Å². The number of ether oxygens (including phenoxy) is 1. The average Bonchev–Trinajstić information content (AvgIpc) is 3.49. The molecule has 0 radical (unpaired) electrons. The van der Waals surface area contributed by atoms with E-state index in [1.54, 1.807) is 24.5 Å². The Hall–Kier alpha value is -3.43. The fourth-order valence-electron chi connectivity index (χ4n) is 2.87. The Bertz CT molecular complexity index is 1270. The van der Waals surface area contributed by atoms with Gasteiger partial charge < -0.3 is 14.5 Å². The van der Waals surface area contributed by atoms with Crippen LogP contribution in [0, 0.1) is 0 Å². The van der Waals surface area contributed by atoms with Gasteiger partial charge in [0.2, 0.25) is 11.8 Å². The fraction of sp³-hybridized carbons (Fsp3) is 0.136. The summed E-state index contributed by atoms with van der Waals surface area (Å²) in [7, 11) is 1.59. The predicted octanol–water partition coefficient (Wildman–Crippen LogP) is 4.91. The fourth-order valence-corrected chi connectivity index (χ4v) is 4.57. The number of methoxy groups -OCH3 is 1. The van der Waals surface area contributed by atoms with Crippen molar-refractivity contribution in [3.05, 3.63) is 58.5 Å². The molecule has 7 nitrogen and oxygen atoms in total. The van der Waals surface area contributed by atoms with Crippen molar-refractivity contribution in [2.24, 2.45) is 0 Å². The zero-order valence-electron chi connectivity index (χ0n) is 16.8. The van der Waals surface area contributed by atoms with Crippen molar-refractivity contribution in [2.75, 3.05) is 12.4 Å². The van der Waals surface area contributed by atoms with E-state index in [1.165, 1.54) is 24.3 Å². The molecule has 31 heavy (non-hydrogen) atoms. The summed E-state index contributed by atoms with van der Waals surface area (Å²) in [6.45, 7) is 1.98. The van der Waals surface area contributed by atoms with Crippen LogP contribution in [-0.4, -0.2) is 23.9 Å². The molecule has 1 aromatic carbocycles. The van der Waals surface area contributed by atoms with Gasteiger partial charge in [-0.15, -0.1) is 22.7 Å². The first-order valence-electron chi connectivity index (χ1n) is 9.36. The summed E-state index contributed by atoms with van der Waals surface area (Å²) < 4.78 is 11.0. The number of furan rings is 1. The Morgan fingerprint density at radius 3 is 2.94 bits per heavy atom. The number of amides is 2. The molecule has 0 bridgehead atoms. The van der Waals surface area contributed by atoms with Gasteiger partial charge in [0.15, 0.2) is 16.5 Å². The zero-order chi connectivity index (χ0) is 21.8. The maximum absolute atomic E-state index is 12.3. The number of thiazole rings is 1. The topological polar surface area (TPSA) is 93.5 Å². The van der Waals surface area contributed by atoms with Crippen molar-refractivity contribution in [3.8, 4) is 16.3 Å². The van der Waals surface area contributed by atoms with Crippen LogP contribution in [0.25, 0.3) is 27.6 Å². The summed E-state index contributed by atoms with van der Waals surface area (Å²) in [5.74, 6) is 0.833. The predicted molar refractivity (Wildman–Crippen MR) is 123 cm³/mol. The molecule has 4 rings (SSSR count). The lowest BCUT2D eigenvalue weighted by molar-refractivity contribution is -0.119. The second-order valence-corrected chi connectivity index (χ2v) is 8.59. The SMILES string of the molecule is COc1cccc2cc(/C=C/C(=O)Nc3nc(-c4ccc(CNC(C)=O)s4)cs3)oc12. The highest BCUT2D eigenvalue weighted by Gasteiger charge is 2.10. The van der Waals surface area contributed by atoms with E-state index in [0.717, 1.165) is 20.8 Å². The van der Waals surface area contributed by atoms with Crippen LogP contribution in [0.1, 0.15) is 17.6 Å². The molecule has 0 unspecified atom stereocenters. The van der Waals surface area contributed by atoms with Crippen molar-refractivity contribution in [2.45, 2.75) is 13.5 Å². The van der Waals surface area contributed by atoms with E-state index in [0.29, 0.717) is 28.8 Å². The second kappa shape index (κ2) is 9.15. The van der Waals surface area contributed by atoms with E-state index in [2.05, 4.69) is 15.6 Å². The van der Waals surface area contributed by atoms with Gasteiger partial charge in [-0.05, 0) is 30.3 Å². The van der Waals surface area contributed by atoms with E-state index in [4.69, 9.17) is 9.15 Å². The highest BCUT2D eigenvalue weighted by molar-refractivity contribution is 7.17. The molecule has 0 spiro atoms. The Morgan fingerprint density at radius 2 is 2.13 bits per heavy atom. The number of nitrogens with zero attached hydrogens (tertiary/aromatic N) is 1. The lowest BCUT2D eigenvalue weighted by Gasteiger charge is -1.98. The molecule has 0 fully saturated rings. The number of carbonyl (C=O) groups excluding carboxylic acids is 2. The smallest absolute Gasteiger partial charge is 0.250 e. The highest BCUT2D eigenvalue weighted by atomic mass is 32.1. The van der Waals surface area contributed by atoms with E-state index in [9.17, 15) is 9.59 Å². The van der Waals surface area contributed by atoms with Gasteiger partial charge in [-0.25, -0.2) is 4.98 Å². The summed E-state index contributed by atoms with van der Waals surface area (Å²) in [6, 6.07) is 11.4. The first kappa shape index (κ1) is 20.8. The normalized spacial score (nSPS) is 11.2. The third kappa shape index (κ3) is 5.01. The minimum atomic E-state index is -0.300. The van der Waals surface area contributed by atoms with Crippen LogP contribution >= 0.6 is 22.7 Å². The van der Waals surface area contributed by atoms with Gasteiger partial charge >= 0.3 is 0 Å². The molecular formula is C22H19N3O4S2. The maximum atomic E-state index is 12.3. The molecule has 0 aliphatic rings. The molecule has 9 heteroatoms. The van der Waals surface area contributed by atoms with Gasteiger partial charge in [0.25, 0.3) is 0 Å².